The predicted octanol–water partition coefficient (Wildman–Crippen LogP) is 4.38. The number of allylic oxidation sites excluding steroid dienone is 1. The van der Waals surface area contributed by atoms with Gasteiger partial charge in [0.15, 0.2) is 0 Å². The highest BCUT2D eigenvalue weighted by atomic mass is 16.6. The molecule has 1 aliphatic heterocycles. The van der Waals surface area contributed by atoms with Crippen molar-refractivity contribution in [2.24, 2.45) is 5.10 Å². The predicted molar refractivity (Wildman–Crippen MR) is 115 cm³/mol. The van der Waals surface area contributed by atoms with Crippen LogP contribution in [0.15, 0.2) is 53.6 Å². The lowest BCUT2D eigenvalue weighted by Gasteiger charge is -2.42. The molecule has 0 spiro atoms. The van der Waals surface area contributed by atoms with Crippen LogP contribution in [0, 0.1) is 10.1 Å². The first kappa shape index (κ1) is 20.3. The quantitative estimate of drug-likeness (QED) is 0.465. The molecule has 1 heterocycles. The molecule has 0 bridgehead atoms. The van der Waals surface area contributed by atoms with Crippen LogP contribution in [0.1, 0.15) is 49.2 Å². The van der Waals surface area contributed by atoms with Gasteiger partial charge in [0, 0.05) is 35.5 Å². The maximum atomic E-state index is 12.1. The minimum atomic E-state index is -0.507. The third-order valence-electron chi connectivity index (χ3n) is 5.04. The van der Waals surface area contributed by atoms with Gasteiger partial charge >= 0.3 is 0 Å². The number of hydrazone groups is 1. The number of hydrogen-bond donors (Lipinski definition) is 1. The summed E-state index contributed by atoms with van der Waals surface area (Å²) in [5.74, 6) is -0.427. The van der Waals surface area contributed by atoms with Gasteiger partial charge in [0.05, 0.1) is 16.7 Å². The Labute approximate surface area is 169 Å². The van der Waals surface area contributed by atoms with Crippen LogP contribution in [0.5, 0.6) is 0 Å². The molecule has 29 heavy (non-hydrogen) atoms. The van der Waals surface area contributed by atoms with Crippen molar-refractivity contribution in [3.63, 3.8) is 0 Å². The van der Waals surface area contributed by atoms with Crippen molar-refractivity contribution in [3.8, 4) is 0 Å². The molecule has 7 nitrogen and oxygen atoms in total. The van der Waals surface area contributed by atoms with Gasteiger partial charge in [-0.1, -0.05) is 12.1 Å². The minimum absolute atomic E-state index is 0.0415. The van der Waals surface area contributed by atoms with Crippen molar-refractivity contribution >= 4 is 29.1 Å². The van der Waals surface area contributed by atoms with E-state index in [2.05, 4.69) is 61.3 Å². The summed E-state index contributed by atoms with van der Waals surface area (Å²) in [5, 5.41) is 14.7. The smallest absolute Gasteiger partial charge is 0.271 e. The first-order valence-electron chi connectivity index (χ1n) is 9.42. The van der Waals surface area contributed by atoms with E-state index in [-0.39, 0.29) is 11.2 Å². The summed E-state index contributed by atoms with van der Waals surface area (Å²) in [6, 6.07) is 11.5. The fraction of sp³-hybridized carbons (Fsp3) is 0.273. The molecule has 0 radical (unpaired) electrons. The third kappa shape index (κ3) is 4.18. The average molecular weight is 392 g/mol. The van der Waals surface area contributed by atoms with E-state index in [9.17, 15) is 14.9 Å². The number of amides is 1. The maximum Gasteiger partial charge on any atom is 0.271 e. The molecule has 0 aromatic heterocycles. The number of nitro groups is 1. The molecule has 2 aromatic carbocycles. The molecule has 2 aromatic rings. The van der Waals surface area contributed by atoms with Crippen molar-refractivity contribution in [2.75, 3.05) is 11.4 Å². The van der Waals surface area contributed by atoms with Gasteiger partial charge in [-0.05, 0) is 63.1 Å². The van der Waals surface area contributed by atoms with Crippen molar-refractivity contribution < 1.29 is 9.72 Å². The van der Waals surface area contributed by atoms with Gasteiger partial charge in [-0.2, -0.15) is 5.10 Å². The summed E-state index contributed by atoms with van der Waals surface area (Å²) in [5.41, 5.74) is 7.07. The van der Waals surface area contributed by atoms with Gasteiger partial charge in [-0.25, -0.2) is 5.43 Å². The highest BCUT2D eigenvalue weighted by molar-refractivity contribution is 5.95. The lowest BCUT2D eigenvalue weighted by molar-refractivity contribution is -0.384. The molecule has 1 N–H and O–H groups in total. The van der Waals surface area contributed by atoms with Crippen LogP contribution in [0.2, 0.25) is 0 Å². The van der Waals surface area contributed by atoms with Gasteiger partial charge in [0.25, 0.3) is 11.6 Å². The highest BCUT2D eigenvalue weighted by Crippen LogP contribution is 2.38. The molecule has 0 atom stereocenters. The Balaban J connectivity index is 1.74. The second-order valence-corrected chi connectivity index (χ2v) is 7.50. The second kappa shape index (κ2) is 7.87. The van der Waals surface area contributed by atoms with Crippen molar-refractivity contribution in [2.45, 2.75) is 33.2 Å². The summed E-state index contributed by atoms with van der Waals surface area (Å²) < 4.78 is 0. The number of nitro benzene ring substituents is 1. The fourth-order valence-electron chi connectivity index (χ4n) is 3.72. The topological polar surface area (TPSA) is 87.8 Å². The van der Waals surface area contributed by atoms with Crippen molar-refractivity contribution in [1.82, 2.24) is 5.43 Å². The Bertz CT molecular complexity index is 1010. The fourth-order valence-corrected chi connectivity index (χ4v) is 3.72. The summed E-state index contributed by atoms with van der Waals surface area (Å²) >= 11 is 0. The van der Waals surface area contributed by atoms with E-state index in [0.717, 1.165) is 17.7 Å². The molecule has 0 aliphatic carbocycles. The van der Waals surface area contributed by atoms with E-state index >= 15 is 0 Å². The number of rotatable bonds is 5. The molecule has 0 saturated heterocycles. The number of non-ortho nitro benzene ring substituents is 1. The number of hydrogen-bond acceptors (Lipinski definition) is 5. The summed E-state index contributed by atoms with van der Waals surface area (Å²) in [7, 11) is 0. The second-order valence-electron chi connectivity index (χ2n) is 7.50. The Morgan fingerprint density at radius 3 is 2.55 bits per heavy atom. The number of fused-ring (bicyclic) bond motifs is 1. The molecule has 0 saturated carbocycles. The maximum absolute atomic E-state index is 12.1. The Morgan fingerprint density at radius 1 is 1.24 bits per heavy atom. The van der Waals surface area contributed by atoms with Crippen LogP contribution >= 0.6 is 0 Å². The van der Waals surface area contributed by atoms with Crippen LogP contribution < -0.4 is 10.3 Å². The number of benzene rings is 2. The SMILES string of the molecule is CCN1c2ccc(/C=N/NC(=O)c3ccc([N+](=O)[O-])cc3)cc2C(C)=CC1(C)C. The van der Waals surface area contributed by atoms with Gasteiger partial charge in [-0.3, -0.25) is 14.9 Å². The summed E-state index contributed by atoms with van der Waals surface area (Å²) in [6.07, 6.45) is 3.85. The van der Waals surface area contributed by atoms with E-state index in [1.54, 1.807) is 6.21 Å². The van der Waals surface area contributed by atoms with E-state index in [0.29, 0.717) is 5.56 Å². The zero-order valence-corrected chi connectivity index (χ0v) is 17.0. The number of nitrogens with one attached hydrogen (secondary N) is 1. The molecule has 0 fully saturated rings. The number of nitrogens with zero attached hydrogens (tertiary/aromatic N) is 3. The van der Waals surface area contributed by atoms with Crippen LogP contribution in [0.4, 0.5) is 11.4 Å². The molecular weight excluding hydrogens is 368 g/mol. The standard InChI is InChI=1S/C22H24N4O3/c1-5-25-20-11-6-16(12-19(20)15(2)13-22(25,3)4)14-23-24-21(27)17-7-9-18(10-8-17)26(28)29/h6-14H,5H2,1-4H3,(H,24,27)/b23-14+. The van der Waals surface area contributed by atoms with Crippen LogP contribution in [-0.2, 0) is 0 Å². The van der Waals surface area contributed by atoms with Crippen LogP contribution in [0.25, 0.3) is 5.57 Å². The normalized spacial score (nSPS) is 15.0. The average Bonchev–Trinajstić information content (AvgIpc) is 2.68. The van der Waals surface area contributed by atoms with Crippen LogP contribution in [0.3, 0.4) is 0 Å². The molecule has 1 aliphatic rings. The van der Waals surface area contributed by atoms with Gasteiger partial charge < -0.3 is 4.90 Å². The summed E-state index contributed by atoms with van der Waals surface area (Å²) in [6.45, 7) is 9.55. The Hall–Kier alpha value is -3.48. The van der Waals surface area contributed by atoms with Gasteiger partial charge in [0.1, 0.15) is 0 Å². The molecule has 7 heteroatoms. The minimum Gasteiger partial charge on any atom is -0.363 e. The Morgan fingerprint density at radius 2 is 1.93 bits per heavy atom. The van der Waals surface area contributed by atoms with Gasteiger partial charge in [-0.15, -0.1) is 0 Å². The molecule has 150 valence electrons. The summed E-state index contributed by atoms with van der Waals surface area (Å²) in [4.78, 5) is 24.7. The van der Waals surface area contributed by atoms with E-state index in [1.807, 2.05) is 6.07 Å². The zero-order chi connectivity index (χ0) is 21.2. The van der Waals surface area contributed by atoms with E-state index in [4.69, 9.17) is 0 Å². The monoisotopic (exact) mass is 392 g/mol. The molecule has 1 amide bonds. The third-order valence-corrected chi connectivity index (χ3v) is 5.04. The molecular formula is C22H24N4O3. The van der Waals surface area contributed by atoms with E-state index < -0.39 is 10.8 Å². The number of carbonyl (C=O) groups is 1. The number of anilines is 1. The van der Waals surface area contributed by atoms with Crippen molar-refractivity contribution in [3.05, 3.63) is 75.3 Å². The first-order chi connectivity index (χ1) is 13.7. The zero-order valence-electron chi connectivity index (χ0n) is 17.0. The van der Waals surface area contributed by atoms with Crippen LogP contribution in [-0.4, -0.2) is 29.1 Å². The first-order valence-corrected chi connectivity index (χ1v) is 9.42. The lowest BCUT2D eigenvalue weighted by atomic mass is 9.88. The molecule has 3 rings (SSSR count). The highest BCUT2D eigenvalue weighted by Gasteiger charge is 2.29. The Kier molecular flexibility index (Phi) is 5.50. The number of likely N-dealkylation sites (N-methyl/N-ethyl adjacent to an activating group) is 1. The largest absolute Gasteiger partial charge is 0.363 e. The van der Waals surface area contributed by atoms with Crippen molar-refractivity contribution in [1.29, 1.82) is 0 Å². The lowest BCUT2D eigenvalue weighted by Crippen LogP contribution is -2.44. The van der Waals surface area contributed by atoms with E-state index in [1.165, 1.54) is 35.5 Å². The molecule has 0 unspecified atom stereocenters. The number of carbonyl (C=O) groups excluding carboxylic acids is 1. The van der Waals surface area contributed by atoms with Gasteiger partial charge in [0.2, 0.25) is 0 Å².